The Bertz CT molecular complexity index is 2770. The molecule has 1 unspecified atom stereocenters. The third-order valence-corrected chi connectivity index (χ3v) is 11.3. The van der Waals surface area contributed by atoms with Crippen molar-refractivity contribution in [2.24, 2.45) is 0 Å². The van der Waals surface area contributed by atoms with Crippen LogP contribution in [0.1, 0.15) is 47.6 Å². The summed E-state index contributed by atoms with van der Waals surface area (Å²) in [5.41, 5.74) is 15.5. The summed E-state index contributed by atoms with van der Waals surface area (Å²) in [6, 6.07) is 67.4. The van der Waals surface area contributed by atoms with E-state index >= 15 is 0 Å². The summed E-state index contributed by atoms with van der Waals surface area (Å²) in [7, 11) is 0. The number of rotatable bonds is 5. The van der Waals surface area contributed by atoms with Crippen LogP contribution in [0, 0.1) is 0 Å². The van der Waals surface area contributed by atoms with Gasteiger partial charge in [0.25, 0.3) is 0 Å². The highest BCUT2D eigenvalue weighted by Crippen LogP contribution is 2.50. The fourth-order valence-electron chi connectivity index (χ4n) is 8.92. The third kappa shape index (κ3) is 4.55. The minimum atomic E-state index is -0.0582. The van der Waals surface area contributed by atoms with Crippen LogP contribution in [0.2, 0.25) is 0 Å². The second-order valence-electron chi connectivity index (χ2n) is 14.5. The lowest BCUT2D eigenvalue weighted by Crippen LogP contribution is -2.15. The molecule has 51 heavy (non-hydrogen) atoms. The zero-order chi connectivity index (χ0) is 34.1. The topological polar surface area (TPSA) is 4.93 Å². The van der Waals surface area contributed by atoms with E-state index in [1.165, 1.54) is 88.3 Å². The Hall–Kier alpha value is -6.18. The summed E-state index contributed by atoms with van der Waals surface area (Å²) < 4.78 is 2.39. The molecule has 0 saturated heterocycles. The minimum Gasteiger partial charge on any atom is -0.309 e. The molecule has 1 aliphatic carbocycles. The van der Waals surface area contributed by atoms with Gasteiger partial charge in [-0.1, -0.05) is 166 Å². The second kappa shape index (κ2) is 11.4. The molecule has 0 bridgehead atoms. The van der Waals surface area contributed by atoms with Gasteiger partial charge in [0, 0.05) is 27.8 Å². The maximum Gasteiger partial charge on any atom is 0.0541 e. The molecule has 1 nitrogen and oxygen atoms in total. The average Bonchev–Trinajstić information content (AvgIpc) is 3.64. The van der Waals surface area contributed by atoms with Gasteiger partial charge in [-0.05, 0) is 91.2 Å². The highest BCUT2D eigenvalue weighted by Gasteiger charge is 2.36. The third-order valence-electron chi connectivity index (χ3n) is 11.3. The molecule has 1 aromatic heterocycles. The summed E-state index contributed by atoms with van der Waals surface area (Å²) in [5.74, 6) is 0.0845. The van der Waals surface area contributed by atoms with Crippen LogP contribution in [0.5, 0.6) is 0 Å². The number of fused-ring (bicyclic) bond motifs is 7. The monoisotopic (exact) mass is 651 g/mol. The first-order valence-corrected chi connectivity index (χ1v) is 18.0. The maximum absolute atomic E-state index is 2.49. The zero-order valence-electron chi connectivity index (χ0n) is 28.8. The van der Waals surface area contributed by atoms with E-state index in [2.05, 4.69) is 200 Å². The summed E-state index contributed by atoms with van der Waals surface area (Å²) in [6.45, 7) is 4.74. The van der Waals surface area contributed by atoms with Crippen molar-refractivity contribution in [1.82, 2.24) is 4.57 Å². The lowest BCUT2D eigenvalue weighted by atomic mass is 9.78. The average molecular weight is 652 g/mol. The van der Waals surface area contributed by atoms with Gasteiger partial charge in [0.1, 0.15) is 0 Å². The first kappa shape index (κ1) is 29.7. The summed E-state index contributed by atoms with van der Waals surface area (Å²) in [5, 5.41) is 5.10. The molecule has 242 valence electrons. The number of hydrogen-bond acceptors (Lipinski definition) is 0. The molecule has 0 amide bonds. The van der Waals surface area contributed by atoms with Crippen LogP contribution < -0.4 is 0 Å². The van der Waals surface area contributed by atoms with Gasteiger partial charge in [-0.3, -0.25) is 0 Å². The number of benzene rings is 8. The van der Waals surface area contributed by atoms with E-state index in [9.17, 15) is 0 Å². The van der Waals surface area contributed by atoms with Crippen molar-refractivity contribution in [2.45, 2.75) is 25.2 Å². The number of nitrogens with zero attached hydrogens (tertiary/aromatic N) is 1. The number of para-hydroxylation sites is 2. The fraction of sp³-hybridized carbons (Fsp3) is 0.0800. The first-order valence-electron chi connectivity index (χ1n) is 18.0. The highest BCUT2D eigenvalue weighted by atomic mass is 15.0. The van der Waals surface area contributed by atoms with Crippen molar-refractivity contribution >= 4 is 32.6 Å². The van der Waals surface area contributed by atoms with E-state index in [1.54, 1.807) is 0 Å². The van der Waals surface area contributed by atoms with Crippen LogP contribution >= 0.6 is 0 Å². The summed E-state index contributed by atoms with van der Waals surface area (Å²) in [6.07, 6.45) is 0. The molecule has 10 rings (SSSR count). The molecule has 0 radical (unpaired) electrons. The Morgan fingerprint density at radius 2 is 1.04 bits per heavy atom. The molecule has 0 saturated carbocycles. The van der Waals surface area contributed by atoms with Crippen LogP contribution in [0.3, 0.4) is 0 Å². The predicted octanol–water partition coefficient (Wildman–Crippen LogP) is 13.1. The van der Waals surface area contributed by atoms with Crippen LogP contribution in [0.25, 0.3) is 60.5 Å². The van der Waals surface area contributed by atoms with Crippen LogP contribution in [0.15, 0.2) is 182 Å². The molecular formula is C50H37N. The van der Waals surface area contributed by atoms with Crippen molar-refractivity contribution in [3.63, 3.8) is 0 Å². The van der Waals surface area contributed by atoms with Gasteiger partial charge in [-0.25, -0.2) is 0 Å². The lowest BCUT2D eigenvalue weighted by Gasteiger charge is -2.25. The molecule has 0 fully saturated rings. The Labute approximate surface area is 299 Å². The summed E-state index contributed by atoms with van der Waals surface area (Å²) >= 11 is 0. The molecule has 1 atom stereocenters. The van der Waals surface area contributed by atoms with Crippen LogP contribution in [0.4, 0.5) is 0 Å². The standard InChI is InChI=1S/C50H37N/c1-50(2)45-23-13-11-21-40(45)41-27-25-35(32-46(41)50)49(33-15-5-3-6-16-33)43-29-28-37(38-19-9-10-20-39(38)43)34-26-30-48-44(31-34)42-22-12-14-24-47(42)51(48)36-17-7-4-8-18-36/h3-32,49H,1-2H3. The normalized spacial score (nSPS) is 13.8. The van der Waals surface area contributed by atoms with E-state index in [0.29, 0.717) is 0 Å². The van der Waals surface area contributed by atoms with Gasteiger partial charge in [0.05, 0.1) is 11.0 Å². The molecule has 9 aromatic rings. The predicted molar refractivity (Wildman–Crippen MR) is 215 cm³/mol. The Morgan fingerprint density at radius 3 is 1.86 bits per heavy atom. The Kier molecular flexibility index (Phi) is 6.66. The molecule has 1 heteroatoms. The van der Waals surface area contributed by atoms with Gasteiger partial charge < -0.3 is 4.57 Å². The van der Waals surface area contributed by atoms with Crippen molar-refractivity contribution in [3.05, 3.63) is 210 Å². The van der Waals surface area contributed by atoms with Crippen molar-refractivity contribution in [3.8, 4) is 27.9 Å². The van der Waals surface area contributed by atoms with Crippen LogP contribution in [-0.2, 0) is 5.41 Å². The molecule has 1 heterocycles. The lowest BCUT2D eigenvalue weighted by molar-refractivity contribution is 0.659. The molecule has 8 aromatic carbocycles. The first-order chi connectivity index (χ1) is 25.1. The smallest absolute Gasteiger partial charge is 0.0541 e. The Morgan fingerprint density at radius 1 is 0.412 bits per heavy atom. The van der Waals surface area contributed by atoms with Gasteiger partial charge in [0.15, 0.2) is 0 Å². The zero-order valence-corrected chi connectivity index (χ0v) is 28.8. The highest BCUT2D eigenvalue weighted by molar-refractivity contribution is 6.11. The van der Waals surface area contributed by atoms with Gasteiger partial charge in [-0.2, -0.15) is 0 Å². The molecule has 1 aliphatic rings. The van der Waals surface area contributed by atoms with Crippen molar-refractivity contribution in [1.29, 1.82) is 0 Å². The Balaban J connectivity index is 1.16. The molecule has 0 spiro atoms. The second-order valence-corrected chi connectivity index (χ2v) is 14.5. The van der Waals surface area contributed by atoms with E-state index in [0.717, 1.165) is 0 Å². The number of aromatic nitrogens is 1. The van der Waals surface area contributed by atoms with Gasteiger partial charge in [0.2, 0.25) is 0 Å². The van der Waals surface area contributed by atoms with E-state index in [4.69, 9.17) is 0 Å². The molecule has 0 aliphatic heterocycles. The van der Waals surface area contributed by atoms with Crippen molar-refractivity contribution in [2.75, 3.05) is 0 Å². The molecular weight excluding hydrogens is 615 g/mol. The quantitative estimate of drug-likeness (QED) is 0.163. The van der Waals surface area contributed by atoms with Crippen molar-refractivity contribution < 1.29 is 0 Å². The van der Waals surface area contributed by atoms with E-state index in [1.807, 2.05) is 0 Å². The van der Waals surface area contributed by atoms with Gasteiger partial charge in [-0.15, -0.1) is 0 Å². The molecule has 0 N–H and O–H groups in total. The largest absolute Gasteiger partial charge is 0.309 e. The number of hydrogen-bond donors (Lipinski definition) is 0. The fourth-order valence-corrected chi connectivity index (χ4v) is 8.92. The van der Waals surface area contributed by atoms with E-state index < -0.39 is 0 Å². The van der Waals surface area contributed by atoms with Gasteiger partial charge >= 0.3 is 0 Å². The minimum absolute atomic E-state index is 0.0582. The van der Waals surface area contributed by atoms with Crippen LogP contribution in [-0.4, -0.2) is 4.57 Å². The maximum atomic E-state index is 2.49. The summed E-state index contributed by atoms with van der Waals surface area (Å²) in [4.78, 5) is 0. The van der Waals surface area contributed by atoms with E-state index in [-0.39, 0.29) is 11.3 Å². The SMILES string of the molecule is CC1(C)c2ccccc2-c2ccc(C(c3ccccc3)c3ccc(-c4ccc5c(c4)c4ccccc4n5-c4ccccc4)c4ccccc34)cc21.